The minimum Gasteiger partial charge on any atom is -0.452 e. The lowest BCUT2D eigenvalue weighted by molar-refractivity contribution is -0.143. The van der Waals surface area contributed by atoms with Crippen LogP contribution in [0.4, 0.5) is 4.79 Å². The SMILES string of the molecule is CCNC(=O)NC(=O)COC(=O)/C=C/c1c(Cl)nc2ccccn12. The Hall–Kier alpha value is -2.87. The zero-order valence-electron chi connectivity index (χ0n) is 12.8. The molecule has 24 heavy (non-hydrogen) atoms. The first-order valence-corrected chi connectivity index (χ1v) is 7.44. The van der Waals surface area contributed by atoms with Crippen LogP contribution in [0.2, 0.25) is 5.15 Å². The molecule has 0 radical (unpaired) electrons. The number of carbonyl (C=O) groups excluding carboxylic acids is 3. The molecule has 9 heteroatoms. The van der Waals surface area contributed by atoms with Crippen molar-refractivity contribution in [3.05, 3.63) is 41.3 Å². The molecule has 0 aliphatic rings. The molecule has 0 saturated carbocycles. The maximum absolute atomic E-state index is 11.6. The molecule has 2 heterocycles. The molecule has 2 aromatic rings. The van der Waals surface area contributed by atoms with Gasteiger partial charge in [-0.25, -0.2) is 14.6 Å². The van der Waals surface area contributed by atoms with Crippen molar-refractivity contribution in [2.24, 2.45) is 0 Å². The van der Waals surface area contributed by atoms with Gasteiger partial charge in [-0.2, -0.15) is 0 Å². The molecule has 0 fully saturated rings. The highest BCUT2D eigenvalue weighted by Crippen LogP contribution is 2.18. The fourth-order valence-electron chi connectivity index (χ4n) is 1.83. The van der Waals surface area contributed by atoms with Crippen LogP contribution in [0.5, 0.6) is 0 Å². The van der Waals surface area contributed by atoms with Gasteiger partial charge in [-0.15, -0.1) is 0 Å². The normalized spacial score (nSPS) is 10.8. The second kappa shape index (κ2) is 8.11. The molecular weight excluding hydrogens is 336 g/mol. The quantitative estimate of drug-likeness (QED) is 0.626. The number of rotatable bonds is 5. The molecule has 2 aromatic heterocycles. The molecule has 126 valence electrons. The number of ether oxygens (including phenoxy) is 1. The van der Waals surface area contributed by atoms with Crippen molar-refractivity contribution in [2.75, 3.05) is 13.2 Å². The molecule has 2 rings (SSSR count). The number of hydrogen-bond donors (Lipinski definition) is 2. The number of halogens is 1. The Labute approximate surface area is 142 Å². The van der Waals surface area contributed by atoms with Gasteiger partial charge >= 0.3 is 12.0 Å². The number of carbonyl (C=O) groups is 3. The van der Waals surface area contributed by atoms with Crippen LogP contribution in [0.1, 0.15) is 12.6 Å². The molecule has 0 unspecified atom stereocenters. The van der Waals surface area contributed by atoms with E-state index in [4.69, 9.17) is 16.3 Å². The monoisotopic (exact) mass is 350 g/mol. The number of aromatic nitrogens is 2. The fourth-order valence-corrected chi connectivity index (χ4v) is 2.08. The number of imidazole rings is 1. The molecule has 0 aromatic carbocycles. The summed E-state index contributed by atoms with van der Waals surface area (Å²) in [4.78, 5) is 38.3. The first-order valence-electron chi connectivity index (χ1n) is 7.06. The van der Waals surface area contributed by atoms with Crippen LogP contribution in [0.3, 0.4) is 0 Å². The zero-order chi connectivity index (χ0) is 17.5. The third kappa shape index (κ3) is 4.56. The van der Waals surface area contributed by atoms with Crippen LogP contribution in [0.15, 0.2) is 30.5 Å². The van der Waals surface area contributed by atoms with Crippen LogP contribution in [0.25, 0.3) is 11.7 Å². The minimum absolute atomic E-state index is 0.235. The summed E-state index contributed by atoms with van der Waals surface area (Å²) in [6.07, 6.45) is 4.31. The number of nitrogens with zero attached hydrogens (tertiary/aromatic N) is 2. The van der Waals surface area contributed by atoms with E-state index in [-0.39, 0.29) is 5.15 Å². The fraction of sp³-hybridized carbons (Fsp3) is 0.200. The number of fused-ring (bicyclic) bond motifs is 1. The highest BCUT2D eigenvalue weighted by molar-refractivity contribution is 6.31. The number of hydrogen-bond acceptors (Lipinski definition) is 5. The second-order valence-corrected chi connectivity index (χ2v) is 4.92. The summed E-state index contributed by atoms with van der Waals surface area (Å²) in [6.45, 7) is 1.52. The van der Waals surface area contributed by atoms with Crippen LogP contribution < -0.4 is 10.6 Å². The van der Waals surface area contributed by atoms with Crippen LogP contribution in [-0.2, 0) is 14.3 Å². The van der Waals surface area contributed by atoms with E-state index in [9.17, 15) is 14.4 Å². The third-order valence-corrected chi connectivity index (χ3v) is 3.11. The van der Waals surface area contributed by atoms with Crippen molar-refractivity contribution >= 4 is 41.2 Å². The van der Waals surface area contributed by atoms with E-state index in [0.717, 1.165) is 6.08 Å². The maximum Gasteiger partial charge on any atom is 0.331 e. The van der Waals surface area contributed by atoms with Gasteiger partial charge < -0.3 is 10.1 Å². The van der Waals surface area contributed by atoms with Gasteiger partial charge in [0.1, 0.15) is 5.65 Å². The second-order valence-electron chi connectivity index (χ2n) is 4.57. The Bertz CT molecular complexity index is 800. The summed E-state index contributed by atoms with van der Waals surface area (Å²) in [6, 6.07) is 4.74. The lowest BCUT2D eigenvalue weighted by Gasteiger charge is -2.04. The Morgan fingerprint density at radius 2 is 2.17 bits per heavy atom. The van der Waals surface area contributed by atoms with E-state index in [2.05, 4.69) is 10.3 Å². The van der Waals surface area contributed by atoms with Gasteiger partial charge in [-0.3, -0.25) is 14.5 Å². The van der Waals surface area contributed by atoms with Crippen molar-refractivity contribution < 1.29 is 19.1 Å². The minimum atomic E-state index is -0.747. The van der Waals surface area contributed by atoms with Gasteiger partial charge in [0, 0.05) is 18.8 Å². The molecule has 0 atom stereocenters. The molecule has 0 spiro atoms. The molecule has 2 N–H and O–H groups in total. The van der Waals surface area contributed by atoms with E-state index >= 15 is 0 Å². The van der Waals surface area contributed by atoms with E-state index in [1.165, 1.54) is 6.08 Å². The number of nitrogens with one attached hydrogen (secondary N) is 2. The average Bonchev–Trinajstić information content (AvgIpc) is 2.86. The Kier molecular flexibility index (Phi) is 5.91. The summed E-state index contributed by atoms with van der Waals surface area (Å²) in [5.41, 5.74) is 1.15. The largest absolute Gasteiger partial charge is 0.452 e. The topological polar surface area (TPSA) is 102 Å². The smallest absolute Gasteiger partial charge is 0.331 e. The average molecular weight is 351 g/mol. The number of esters is 1. The Morgan fingerprint density at radius 1 is 1.38 bits per heavy atom. The predicted molar refractivity (Wildman–Crippen MR) is 87.4 cm³/mol. The van der Waals surface area contributed by atoms with Crippen LogP contribution in [-0.4, -0.2) is 40.4 Å². The Balaban J connectivity index is 1.92. The summed E-state index contributed by atoms with van der Waals surface area (Å²) in [5.74, 6) is -1.47. The summed E-state index contributed by atoms with van der Waals surface area (Å²) in [5, 5.41) is 4.63. The first kappa shape index (κ1) is 17.5. The molecule has 0 aliphatic carbocycles. The van der Waals surface area contributed by atoms with Crippen LogP contribution >= 0.6 is 11.6 Å². The van der Waals surface area contributed by atoms with Gasteiger partial charge in [-0.1, -0.05) is 17.7 Å². The maximum atomic E-state index is 11.6. The number of imide groups is 1. The van der Waals surface area contributed by atoms with Gasteiger partial charge in [0.05, 0.1) is 5.69 Å². The zero-order valence-corrected chi connectivity index (χ0v) is 13.5. The van der Waals surface area contributed by atoms with E-state index in [0.29, 0.717) is 17.9 Å². The summed E-state index contributed by atoms with van der Waals surface area (Å²) >= 11 is 6.02. The van der Waals surface area contributed by atoms with Crippen LogP contribution in [0, 0.1) is 0 Å². The number of pyridine rings is 1. The predicted octanol–water partition coefficient (Wildman–Crippen LogP) is 1.39. The molecular formula is C15H15ClN4O4. The van der Waals surface area contributed by atoms with Gasteiger partial charge in [0.2, 0.25) is 0 Å². The first-order chi connectivity index (χ1) is 11.5. The highest BCUT2D eigenvalue weighted by Gasteiger charge is 2.10. The van der Waals surface area contributed by atoms with Gasteiger partial charge in [0.25, 0.3) is 5.91 Å². The van der Waals surface area contributed by atoms with Crippen molar-refractivity contribution in [1.29, 1.82) is 0 Å². The van der Waals surface area contributed by atoms with Crippen molar-refractivity contribution in [3.8, 4) is 0 Å². The summed E-state index contributed by atoms with van der Waals surface area (Å²) < 4.78 is 6.44. The van der Waals surface area contributed by atoms with Crippen molar-refractivity contribution in [1.82, 2.24) is 20.0 Å². The number of urea groups is 1. The molecule has 0 aliphatic heterocycles. The lowest BCUT2D eigenvalue weighted by Crippen LogP contribution is -2.41. The van der Waals surface area contributed by atoms with Crippen molar-refractivity contribution in [2.45, 2.75) is 6.92 Å². The molecule has 8 nitrogen and oxygen atoms in total. The molecule has 3 amide bonds. The number of amides is 3. The molecule has 0 saturated heterocycles. The highest BCUT2D eigenvalue weighted by atomic mass is 35.5. The Morgan fingerprint density at radius 3 is 2.92 bits per heavy atom. The van der Waals surface area contributed by atoms with E-state index in [1.54, 1.807) is 29.7 Å². The van der Waals surface area contributed by atoms with E-state index < -0.39 is 24.5 Å². The van der Waals surface area contributed by atoms with Gasteiger partial charge in [0.15, 0.2) is 11.8 Å². The van der Waals surface area contributed by atoms with E-state index in [1.807, 2.05) is 11.4 Å². The molecule has 0 bridgehead atoms. The van der Waals surface area contributed by atoms with Gasteiger partial charge in [-0.05, 0) is 25.1 Å². The standard InChI is InChI=1S/C15H15ClN4O4/c1-2-17-15(23)19-12(21)9-24-13(22)7-6-10-14(16)18-11-5-3-4-8-20(10)11/h3-8H,2,9H2,1H3,(H2,17,19,21,23)/b7-6+. The third-order valence-electron chi connectivity index (χ3n) is 2.84. The summed E-state index contributed by atoms with van der Waals surface area (Å²) in [7, 11) is 0. The van der Waals surface area contributed by atoms with Crippen molar-refractivity contribution in [3.63, 3.8) is 0 Å². The lowest BCUT2D eigenvalue weighted by atomic mass is 10.4.